The SMILES string of the molecule is C[C@H](CCc1ccc(O)cc1)[NH+]1CCc2ccccc2C1. The van der Waals surface area contributed by atoms with Gasteiger partial charge in [-0.25, -0.2) is 0 Å². The van der Waals surface area contributed by atoms with Gasteiger partial charge in [0.25, 0.3) is 0 Å². The third kappa shape index (κ3) is 3.45. The van der Waals surface area contributed by atoms with E-state index in [-0.39, 0.29) is 0 Å². The first kappa shape index (κ1) is 14.2. The second-order valence-corrected chi connectivity index (χ2v) is 6.21. The molecule has 0 saturated carbocycles. The van der Waals surface area contributed by atoms with Gasteiger partial charge in [-0.15, -0.1) is 0 Å². The van der Waals surface area contributed by atoms with Crippen LogP contribution in [0.2, 0.25) is 0 Å². The Kier molecular flexibility index (Phi) is 4.26. The predicted octanol–water partition coefficient (Wildman–Crippen LogP) is 2.35. The molecule has 1 aliphatic rings. The lowest BCUT2D eigenvalue weighted by atomic mass is 9.97. The Bertz CT molecular complexity index is 591. The van der Waals surface area contributed by atoms with Gasteiger partial charge in [0.2, 0.25) is 0 Å². The third-order valence-corrected chi connectivity index (χ3v) is 4.75. The van der Waals surface area contributed by atoms with E-state index in [2.05, 4.69) is 31.2 Å². The van der Waals surface area contributed by atoms with E-state index in [0.717, 1.165) is 13.0 Å². The quantitative estimate of drug-likeness (QED) is 0.884. The van der Waals surface area contributed by atoms with Gasteiger partial charge in [-0.1, -0.05) is 36.4 Å². The molecule has 0 saturated heterocycles. The molecule has 2 aromatic carbocycles. The van der Waals surface area contributed by atoms with Crippen molar-refractivity contribution >= 4 is 0 Å². The van der Waals surface area contributed by atoms with Crippen molar-refractivity contribution in [3.8, 4) is 5.75 Å². The van der Waals surface area contributed by atoms with Crippen molar-refractivity contribution in [3.05, 3.63) is 65.2 Å². The summed E-state index contributed by atoms with van der Waals surface area (Å²) in [6, 6.07) is 17.2. The predicted molar refractivity (Wildman–Crippen MR) is 85.6 cm³/mol. The highest BCUT2D eigenvalue weighted by molar-refractivity contribution is 5.27. The Morgan fingerprint density at radius 3 is 2.52 bits per heavy atom. The van der Waals surface area contributed by atoms with Crippen LogP contribution in [-0.2, 0) is 19.4 Å². The summed E-state index contributed by atoms with van der Waals surface area (Å²) >= 11 is 0. The maximum absolute atomic E-state index is 9.33. The first-order valence-electron chi connectivity index (χ1n) is 7.91. The summed E-state index contributed by atoms with van der Waals surface area (Å²) in [6.45, 7) is 4.77. The first-order valence-corrected chi connectivity index (χ1v) is 7.91. The van der Waals surface area contributed by atoms with Crippen molar-refractivity contribution in [1.82, 2.24) is 0 Å². The van der Waals surface area contributed by atoms with E-state index >= 15 is 0 Å². The topological polar surface area (TPSA) is 24.7 Å². The molecule has 1 unspecified atom stereocenters. The van der Waals surface area contributed by atoms with Gasteiger partial charge < -0.3 is 10.0 Å². The Labute approximate surface area is 127 Å². The Morgan fingerprint density at radius 1 is 1.05 bits per heavy atom. The van der Waals surface area contributed by atoms with Crippen LogP contribution < -0.4 is 4.90 Å². The number of hydrogen-bond donors (Lipinski definition) is 2. The molecule has 0 spiro atoms. The number of aryl methyl sites for hydroxylation is 1. The van der Waals surface area contributed by atoms with Crippen molar-refractivity contribution in [2.24, 2.45) is 0 Å². The lowest BCUT2D eigenvalue weighted by Gasteiger charge is -2.31. The largest absolute Gasteiger partial charge is 0.508 e. The van der Waals surface area contributed by atoms with Crippen LogP contribution in [0.25, 0.3) is 0 Å². The zero-order valence-corrected chi connectivity index (χ0v) is 12.7. The van der Waals surface area contributed by atoms with Crippen LogP contribution in [0.3, 0.4) is 0 Å². The lowest BCUT2D eigenvalue weighted by Crippen LogP contribution is -3.15. The van der Waals surface area contributed by atoms with Crippen molar-refractivity contribution in [2.45, 2.75) is 38.8 Å². The molecular formula is C19H24NO+. The van der Waals surface area contributed by atoms with Crippen LogP contribution in [0.4, 0.5) is 0 Å². The summed E-state index contributed by atoms with van der Waals surface area (Å²) in [5.74, 6) is 0.352. The molecular weight excluding hydrogens is 258 g/mol. The monoisotopic (exact) mass is 282 g/mol. The zero-order valence-electron chi connectivity index (χ0n) is 12.7. The van der Waals surface area contributed by atoms with E-state index < -0.39 is 0 Å². The van der Waals surface area contributed by atoms with Gasteiger partial charge in [-0.2, -0.15) is 0 Å². The van der Waals surface area contributed by atoms with Crippen molar-refractivity contribution in [1.29, 1.82) is 0 Å². The lowest BCUT2D eigenvalue weighted by molar-refractivity contribution is -0.939. The summed E-state index contributed by atoms with van der Waals surface area (Å²) in [7, 11) is 0. The molecule has 2 nitrogen and oxygen atoms in total. The molecule has 0 bridgehead atoms. The van der Waals surface area contributed by atoms with Crippen LogP contribution >= 0.6 is 0 Å². The highest BCUT2D eigenvalue weighted by atomic mass is 16.3. The van der Waals surface area contributed by atoms with Gasteiger partial charge >= 0.3 is 0 Å². The summed E-state index contributed by atoms with van der Waals surface area (Å²) in [6.07, 6.45) is 3.49. The minimum atomic E-state index is 0.352. The summed E-state index contributed by atoms with van der Waals surface area (Å²) in [4.78, 5) is 1.70. The zero-order chi connectivity index (χ0) is 14.7. The van der Waals surface area contributed by atoms with E-state index in [1.165, 1.54) is 36.1 Å². The highest BCUT2D eigenvalue weighted by Gasteiger charge is 2.23. The standard InChI is InChI=1S/C19H23NO/c1-15(6-7-16-8-10-19(21)11-9-16)20-13-12-17-4-2-3-5-18(17)14-20/h2-5,8-11,15,21H,6-7,12-14H2,1H3/p+1/t15-/m1/s1. The van der Waals surface area contributed by atoms with Gasteiger partial charge in [0.05, 0.1) is 12.6 Å². The van der Waals surface area contributed by atoms with Crippen LogP contribution in [0, 0.1) is 0 Å². The average molecular weight is 282 g/mol. The fraction of sp³-hybridized carbons (Fsp3) is 0.368. The molecule has 0 radical (unpaired) electrons. The van der Waals surface area contributed by atoms with Gasteiger partial charge in [0.1, 0.15) is 12.3 Å². The number of aromatic hydroxyl groups is 1. The smallest absolute Gasteiger partial charge is 0.115 e. The number of nitrogens with one attached hydrogen (secondary N) is 1. The van der Waals surface area contributed by atoms with E-state index in [1.54, 1.807) is 17.0 Å². The van der Waals surface area contributed by atoms with E-state index in [9.17, 15) is 5.11 Å². The molecule has 0 aromatic heterocycles. The number of quaternary nitrogens is 1. The van der Waals surface area contributed by atoms with Crippen LogP contribution in [-0.4, -0.2) is 17.7 Å². The Hall–Kier alpha value is -1.80. The molecule has 0 aliphatic carbocycles. The maximum Gasteiger partial charge on any atom is 0.115 e. The van der Waals surface area contributed by atoms with E-state index in [1.807, 2.05) is 12.1 Å². The van der Waals surface area contributed by atoms with Crippen LogP contribution in [0.5, 0.6) is 5.75 Å². The molecule has 0 amide bonds. The second kappa shape index (κ2) is 6.31. The van der Waals surface area contributed by atoms with Gasteiger partial charge in [-0.3, -0.25) is 0 Å². The fourth-order valence-corrected chi connectivity index (χ4v) is 3.27. The van der Waals surface area contributed by atoms with Crippen LogP contribution in [0.15, 0.2) is 48.5 Å². The average Bonchev–Trinajstić information content (AvgIpc) is 2.53. The number of hydrogen-bond acceptors (Lipinski definition) is 1. The third-order valence-electron chi connectivity index (χ3n) is 4.75. The highest BCUT2D eigenvalue weighted by Crippen LogP contribution is 2.13. The first-order chi connectivity index (χ1) is 10.2. The molecule has 1 heterocycles. The molecule has 2 heteroatoms. The van der Waals surface area contributed by atoms with Crippen molar-refractivity contribution in [2.75, 3.05) is 6.54 Å². The number of phenolic OH excluding ortho intramolecular Hbond substituents is 1. The van der Waals surface area contributed by atoms with Crippen molar-refractivity contribution < 1.29 is 10.0 Å². The van der Waals surface area contributed by atoms with E-state index in [0.29, 0.717) is 11.8 Å². The molecule has 21 heavy (non-hydrogen) atoms. The van der Waals surface area contributed by atoms with Gasteiger partial charge in [0.15, 0.2) is 0 Å². The Morgan fingerprint density at radius 2 is 1.76 bits per heavy atom. The molecule has 2 aromatic rings. The number of fused-ring (bicyclic) bond motifs is 1. The molecule has 1 aliphatic heterocycles. The number of rotatable bonds is 4. The normalized spacial score (nSPS) is 19.0. The molecule has 0 fully saturated rings. The summed E-state index contributed by atoms with van der Waals surface area (Å²) in [5, 5.41) is 9.33. The molecule has 3 rings (SSSR count). The fourth-order valence-electron chi connectivity index (χ4n) is 3.27. The van der Waals surface area contributed by atoms with Crippen molar-refractivity contribution in [3.63, 3.8) is 0 Å². The van der Waals surface area contributed by atoms with Gasteiger partial charge in [-0.05, 0) is 36.6 Å². The van der Waals surface area contributed by atoms with Crippen LogP contribution in [0.1, 0.15) is 30.0 Å². The summed E-state index contributed by atoms with van der Waals surface area (Å²) in [5.41, 5.74) is 4.37. The summed E-state index contributed by atoms with van der Waals surface area (Å²) < 4.78 is 0. The number of phenols is 1. The molecule has 2 N–H and O–H groups in total. The van der Waals surface area contributed by atoms with Gasteiger partial charge in [0, 0.05) is 18.4 Å². The second-order valence-electron chi connectivity index (χ2n) is 6.21. The maximum atomic E-state index is 9.33. The molecule has 2 atom stereocenters. The van der Waals surface area contributed by atoms with E-state index in [4.69, 9.17) is 0 Å². The molecule has 110 valence electrons. The minimum Gasteiger partial charge on any atom is -0.508 e. The Balaban J connectivity index is 1.57. The minimum absolute atomic E-state index is 0.352. The number of benzene rings is 2.